The topological polar surface area (TPSA) is 59.2 Å². The summed E-state index contributed by atoms with van der Waals surface area (Å²) in [5, 5.41) is 12.6. The maximum Gasteiger partial charge on any atom is 0.223 e. The van der Waals surface area contributed by atoms with Gasteiger partial charge in [-0.2, -0.15) is 4.98 Å². The van der Waals surface area contributed by atoms with Gasteiger partial charge in [-0.05, 0) is 5.56 Å². The quantitative estimate of drug-likeness (QED) is 0.780. The molecule has 0 radical (unpaired) electrons. The number of hydrogen-bond donors (Lipinski definition) is 1. The molecule has 1 N–H and O–H groups in total. The molecular formula is C10H10N2O2. The minimum absolute atomic E-state index is 0.0472. The molecule has 4 heteroatoms. The lowest BCUT2D eigenvalue weighted by Gasteiger charge is -1.96. The fourth-order valence-electron chi connectivity index (χ4n) is 1.18. The Labute approximate surface area is 81.2 Å². The van der Waals surface area contributed by atoms with Gasteiger partial charge in [0.05, 0.1) is 6.61 Å². The van der Waals surface area contributed by atoms with Crippen LogP contribution in [-0.4, -0.2) is 15.2 Å². The number of rotatable bonds is 2. The van der Waals surface area contributed by atoms with Gasteiger partial charge in [0.25, 0.3) is 0 Å². The van der Waals surface area contributed by atoms with Gasteiger partial charge in [-0.25, -0.2) is 0 Å². The van der Waals surface area contributed by atoms with Gasteiger partial charge in [0, 0.05) is 12.5 Å². The number of aromatic nitrogens is 2. The average Bonchev–Trinajstić information content (AvgIpc) is 2.65. The Kier molecular flexibility index (Phi) is 2.28. The number of aryl methyl sites for hydroxylation is 1. The van der Waals surface area contributed by atoms with Crippen molar-refractivity contribution in [1.82, 2.24) is 10.1 Å². The summed E-state index contributed by atoms with van der Waals surface area (Å²) in [4.78, 5) is 4.10. The van der Waals surface area contributed by atoms with Crippen LogP contribution in [0.3, 0.4) is 0 Å². The van der Waals surface area contributed by atoms with Gasteiger partial charge in [0.1, 0.15) is 0 Å². The van der Waals surface area contributed by atoms with E-state index in [9.17, 15) is 0 Å². The molecule has 2 rings (SSSR count). The molecular weight excluding hydrogens is 180 g/mol. The molecule has 0 aliphatic heterocycles. The van der Waals surface area contributed by atoms with Gasteiger partial charge >= 0.3 is 0 Å². The molecule has 2 aromatic rings. The first-order chi connectivity index (χ1) is 6.79. The van der Waals surface area contributed by atoms with Crippen molar-refractivity contribution >= 4 is 0 Å². The maximum absolute atomic E-state index is 8.85. The van der Waals surface area contributed by atoms with Gasteiger partial charge in [0.15, 0.2) is 0 Å². The molecule has 1 aromatic carbocycles. The third-order valence-corrected chi connectivity index (χ3v) is 1.92. The van der Waals surface area contributed by atoms with Gasteiger partial charge in [-0.3, -0.25) is 0 Å². The fraction of sp³-hybridized carbons (Fsp3) is 0.200. The number of benzene rings is 1. The molecule has 14 heavy (non-hydrogen) atoms. The van der Waals surface area contributed by atoms with Crippen molar-refractivity contribution in [2.24, 2.45) is 0 Å². The molecule has 0 aliphatic rings. The Hall–Kier alpha value is -1.68. The lowest BCUT2D eigenvalue weighted by atomic mass is 10.1. The van der Waals surface area contributed by atoms with E-state index in [-0.39, 0.29) is 6.61 Å². The summed E-state index contributed by atoms with van der Waals surface area (Å²) in [5.41, 5.74) is 1.76. The van der Waals surface area contributed by atoms with Gasteiger partial charge < -0.3 is 9.63 Å². The molecule has 0 saturated carbocycles. The molecule has 0 aliphatic carbocycles. The van der Waals surface area contributed by atoms with E-state index in [2.05, 4.69) is 10.1 Å². The average molecular weight is 190 g/mol. The van der Waals surface area contributed by atoms with Crippen LogP contribution in [0.1, 0.15) is 11.5 Å². The zero-order chi connectivity index (χ0) is 9.97. The van der Waals surface area contributed by atoms with E-state index in [0.29, 0.717) is 11.7 Å². The van der Waals surface area contributed by atoms with Crippen molar-refractivity contribution in [2.75, 3.05) is 0 Å². The highest BCUT2D eigenvalue weighted by molar-refractivity contribution is 5.54. The number of hydrogen-bond acceptors (Lipinski definition) is 4. The van der Waals surface area contributed by atoms with Gasteiger partial charge in [-0.1, -0.05) is 29.4 Å². The van der Waals surface area contributed by atoms with Crippen molar-refractivity contribution in [3.63, 3.8) is 0 Å². The minimum atomic E-state index is 0.0472. The molecule has 0 atom stereocenters. The second kappa shape index (κ2) is 3.59. The van der Waals surface area contributed by atoms with Crippen LogP contribution in [0.5, 0.6) is 0 Å². The Morgan fingerprint density at radius 1 is 1.29 bits per heavy atom. The highest BCUT2D eigenvalue weighted by Gasteiger charge is 2.04. The van der Waals surface area contributed by atoms with Crippen LogP contribution in [0.4, 0.5) is 0 Å². The van der Waals surface area contributed by atoms with E-state index in [4.69, 9.17) is 9.63 Å². The Morgan fingerprint density at radius 2 is 2.00 bits per heavy atom. The minimum Gasteiger partial charge on any atom is -0.392 e. The zero-order valence-electron chi connectivity index (χ0n) is 7.77. The zero-order valence-corrected chi connectivity index (χ0v) is 7.77. The molecule has 0 amide bonds. The summed E-state index contributed by atoms with van der Waals surface area (Å²) < 4.78 is 4.86. The first-order valence-electron chi connectivity index (χ1n) is 4.30. The van der Waals surface area contributed by atoms with E-state index in [0.717, 1.165) is 11.1 Å². The third kappa shape index (κ3) is 1.65. The fourth-order valence-corrected chi connectivity index (χ4v) is 1.18. The largest absolute Gasteiger partial charge is 0.392 e. The first kappa shape index (κ1) is 8.90. The van der Waals surface area contributed by atoms with Crippen LogP contribution in [0, 0.1) is 6.92 Å². The second-order valence-electron chi connectivity index (χ2n) is 2.99. The summed E-state index contributed by atoms with van der Waals surface area (Å²) in [6.45, 7) is 1.80. The van der Waals surface area contributed by atoms with E-state index >= 15 is 0 Å². The van der Waals surface area contributed by atoms with Crippen LogP contribution < -0.4 is 0 Å². The lowest BCUT2D eigenvalue weighted by Crippen LogP contribution is -1.84. The van der Waals surface area contributed by atoms with Gasteiger partial charge in [0.2, 0.25) is 11.7 Å². The van der Waals surface area contributed by atoms with E-state index in [1.54, 1.807) is 6.92 Å². The summed E-state index contributed by atoms with van der Waals surface area (Å²) >= 11 is 0. The summed E-state index contributed by atoms with van der Waals surface area (Å²) in [5.74, 6) is 1.12. The highest BCUT2D eigenvalue weighted by Crippen LogP contribution is 2.16. The van der Waals surface area contributed by atoms with E-state index in [1.165, 1.54) is 0 Å². The van der Waals surface area contributed by atoms with E-state index < -0.39 is 0 Å². The predicted molar refractivity (Wildman–Crippen MR) is 50.4 cm³/mol. The highest BCUT2D eigenvalue weighted by atomic mass is 16.5. The molecule has 1 heterocycles. The van der Waals surface area contributed by atoms with Crippen molar-refractivity contribution in [2.45, 2.75) is 13.5 Å². The molecule has 0 bridgehead atoms. The molecule has 4 nitrogen and oxygen atoms in total. The van der Waals surface area contributed by atoms with Crippen molar-refractivity contribution < 1.29 is 9.63 Å². The lowest BCUT2D eigenvalue weighted by molar-refractivity contribution is 0.282. The van der Waals surface area contributed by atoms with E-state index in [1.807, 2.05) is 24.3 Å². The first-order valence-corrected chi connectivity index (χ1v) is 4.30. The Morgan fingerprint density at radius 3 is 2.50 bits per heavy atom. The second-order valence-corrected chi connectivity index (χ2v) is 2.99. The van der Waals surface area contributed by atoms with Crippen molar-refractivity contribution in [1.29, 1.82) is 0 Å². The Balaban J connectivity index is 2.33. The molecule has 0 saturated heterocycles. The smallest absolute Gasteiger partial charge is 0.223 e. The Bertz CT molecular complexity index is 420. The number of nitrogens with zero attached hydrogens (tertiary/aromatic N) is 2. The molecule has 0 spiro atoms. The van der Waals surface area contributed by atoms with Crippen LogP contribution in [0.15, 0.2) is 28.8 Å². The molecule has 0 fully saturated rings. The number of aliphatic hydroxyl groups excluding tert-OH is 1. The monoisotopic (exact) mass is 190 g/mol. The molecule has 1 aromatic heterocycles. The van der Waals surface area contributed by atoms with Gasteiger partial charge in [-0.15, -0.1) is 0 Å². The van der Waals surface area contributed by atoms with Crippen LogP contribution >= 0.6 is 0 Å². The van der Waals surface area contributed by atoms with Crippen molar-refractivity contribution in [3.8, 4) is 11.4 Å². The maximum atomic E-state index is 8.85. The standard InChI is InChI=1S/C10H10N2O2/c1-7-11-10(12-14-7)9-4-2-8(6-13)3-5-9/h2-5,13H,6H2,1H3. The normalized spacial score (nSPS) is 10.4. The summed E-state index contributed by atoms with van der Waals surface area (Å²) in [7, 11) is 0. The summed E-state index contributed by atoms with van der Waals surface area (Å²) in [6, 6.07) is 7.38. The predicted octanol–water partition coefficient (Wildman–Crippen LogP) is 1.54. The van der Waals surface area contributed by atoms with Crippen LogP contribution in [-0.2, 0) is 6.61 Å². The SMILES string of the molecule is Cc1nc(-c2ccc(CO)cc2)no1. The van der Waals surface area contributed by atoms with Crippen LogP contribution in [0.2, 0.25) is 0 Å². The summed E-state index contributed by atoms with van der Waals surface area (Å²) in [6.07, 6.45) is 0. The van der Waals surface area contributed by atoms with Crippen molar-refractivity contribution in [3.05, 3.63) is 35.7 Å². The third-order valence-electron chi connectivity index (χ3n) is 1.92. The number of aliphatic hydroxyl groups is 1. The van der Waals surface area contributed by atoms with Crippen LogP contribution in [0.25, 0.3) is 11.4 Å². The molecule has 0 unspecified atom stereocenters. The molecule has 72 valence electrons.